The first-order valence-corrected chi connectivity index (χ1v) is 8.08. The average Bonchev–Trinajstić information content (AvgIpc) is 2.57. The maximum atomic E-state index is 4.49. The van der Waals surface area contributed by atoms with Gasteiger partial charge in [-0.25, -0.2) is 9.97 Å². The normalized spacial score (nSPS) is 10.5. The van der Waals surface area contributed by atoms with Gasteiger partial charge in [0, 0.05) is 18.3 Å². The molecule has 24 heavy (non-hydrogen) atoms. The molecule has 0 fully saturated rings. The molecule has 0 amide bonds. The molecule has 0 aliphatic heterocycles. The molecule has 0 aliphatic rings. The Balaban J connectivity index is 1.77. The van der Waals surface area contributed by atoms with Gasteiger partial charge in [-0.1, -0.05) is 42.5 Å². The van der Waals surface area contributed by atoms with Crippen molar-refractivity contribution >= 4 is 17.3 Å². The summed E-state index contributed by atoms with van der Waals surface area (Å²) < 4.78 is 0. The van der Waals surface area contributed by atoms with Crippen LogP contribution in [0.25, 0.3) is 0 Å². The van der Waals surface area contributed by atoms with E-state index in [9.17, 15) is 0 Å². The highest BCUT2D eigenvalue weighted by Gasteiger charge is 2.05. The van der Waals surface area contributed by atoms with Crippen LogP contribution in [0.15, 0.2) is 54.6 Å². The number of hydrogen-bond donors (Lipinski definition) is 2. The first-order chi connectivity index (χ1) is 11.6. The lowest BCUT2D eigenvalue weighted by atomic mass is 10.1. The Morgan fingerprint density at radius 3 is 2.38 bits per heavy atom. The predicted molar refractivity (Wildman–Crippen MR) is 99.7 cm³/mol. The van der Waals surface area contributed by atoms with E-state index >= 15 is 0 Å². The minimum atomic E-state index is 0.736. The Morgan fingerprint density at radius 2 is 1.58 bits per heavy atom. The lowest BCUT2D eigenvalue weighted by Gasteiger charge is -2.12. The van der Waals surface area contributed by atoms with Gasteiger partial charge in [0.15, 0.2) is 0 Å². The van der Waals surface area contributed by atoms with E-state index in [0.29, 0.717) is 0 Å². The van der Waals surface area contributed by atoms with Crippen LogP contribution in [0.3, 0.4) is 0 Å². The van der Waals surface area contributed by atoms with Crippen molar-refractivity contribution in [2.75, 3.05) is 10.6 Å². The quantitative estimate of drug-likeness (QED) is 0.712. The van der Waals surface area contributed by atoms with Crippen molar-refractivity contribution in [2.24, 2.45) is 0 Å². The summed E-state index contributed by atoms with van der Waals surface area (Å²) in [6, 6.07) is 18.6. The number of benzene rings is 2. The van der Waals surface area contributed by atoms with E-state index < -0.39 is 0 Å². The Labute approximate surface area is 143 Å². The summed E-state index contributed by atoms with van der Waals surface area (Å²) in [6.07, 6.45) is 0. The van der Waals surface area contributed by atoms with E-state index in [1.807, 2.05) is 31.2 Å². The van der Waals surface area contributed by atoms with Gasteiger partial charge in [0.05, 0.1) is 0 Å². The van der Waals surface area contributed by atoms with E-state index in [1.54, 1.807) is 0 Å². The number of aryl methyl sites for hydroxylation is 3. The number of hydrogen-bond acceptors (Lipinski definition) is 4. The molecule has 2 aromatic carbocycles. The van der Waals surface area contributed by atoms with Crippen molar-refractivity contribution < 1.29 is 0 Å². The van der Waals surface area contributed by atoms with Crippen molar-refractivity contribution in [1.29, 1.82) is 0 Å². The molecule has 4 nitrogen and oxygen atoms in total. The fraction of sp³-hybridized carbons (Fsp3) is 0.200. The fourth-order valence-electron chi connectivity index (χ4n) is 2.52. The largest absolute Gasteiger partial charge is 0.366 e. The molecule has 3 aromatic rings. The number of rotatable bonds is 5. The third-order valence-corrected chi connectivity index (χ3v) is 3.81. The monoisotopic (exact) mass is 318 g/mol. The van der Waals surface area contributed by atoms with Gasteiger partial charge in [0.25, 0.3) is 0 Å². The Kier molecular flexibility index (Phi) is 4.75. The van der Waals surface area contributed by atoms with E-state index in [1.165, 1.54) is 16.7 Å². The molecule has 122 valence electrons. The molecule has 1 heterocycles. The van der Waals surface area contributed by atoms with Crippen LogP contribution in [0, 0.1) is 20.8 Å². The Hall–Kier alpha value is -2.88. The lowest BCUT2D eigenvalue weighted by molar-refractivity contribution is 1.02. The van der Waals surface area contributed by atoms with Gasteiger partial charge in [-0.2, -0.15) is 0 Å². The molecule has 0 bridgehead atoms. The Morgan fingerprint density at radius 1 is 0.833 bits per heavy atom. The summed E-state index contributed by atoms with van der Waals surface area (Å²) >= 11 is 0. The second-order valence-electron chi connectivity index (χ2n) is 5.97. The molecule has 0 atom stereocenters. The summed E-state index contributed by atoms with van der Waals surface area (Å²) in [5, 5.41) is 6.76. The van der Waals surface area contributed by atoms with Gasteiger partial charge < -0.3 is 10.6 Å². The zero-order valence-electron chi connectivity index (χ0n) is 14.3. The maximum Gasteiger partial charge on any atom is 0.136 e. The molecule has 2 N–H and O–H groups in total. The molecule has 3 rings (SSSR count). The summed E-state index contributed by atoms with van der Waals surface area (Å²) in [6.45, 7) is 6.81. The van der Waals surface area contributed by atoms with Crippen molar-refractivity contribution in [3.05, 3.63) is 77.1 Å². The summed E-state index contributed by atoms with van der Waals surface area (Å²) in [7, 11) is 0. The van der Waals surface area contributed by atoms with Crippen LogP contribution in [0.5, 0.6) is 0 Å². The molecule has 0 saturated heterocycles. The van der Waals surface area contributed by atoms with Gasteiger partial charge >= 0.3 is 0 Å². The van der Waals surface area contributed by atoms with Crippen LogP contribution >= 0.6 is 0 Å². The second-order valence-corrected chi connectivity index (χ2v) is 5.97. The highest BCUT2D eigenvalue weighted by molar-refractivity contribution is 5.63. The van der Waals surface area contributed by atoms with Crippen LogP contribution in [0.2, 0.25) is 0 Å². The zero-order valence-corrected chi connectivity index (χ0v) is 14.3. The average molecular weight is 318 g/mol. The van der Waals surface area contributed by atoms with E-state index in [2.05, 4.69) is 64.8 Å². The van der Waals surface area contributed by atoms with Crippen LogP contribution in [0.4, 0.5) is 17.3 Å². The topological polar surface area (TPSA) is 49.8 Å². The Bertz CT molecular complexity index is 828. The highest BCUT2D eigenvalue weighted by Crippen LogP contribution is 2.22. The van der Waals surface area contributed by atoms with Crippen molar-refractivity contribution in [3.8, 4) is 0 Å². The third kappa shape index (κ3) is 4.10. The first kappa shape index (κ1) is 16.0. The lowest BCUT2D eigenvalue weighted by Crippen LogP contribution is -2.05. The standard InChI is InChI=1S/C20H22N4/c1-14-9-10-15(2)18(11-14)24-20-12-19(22-16(3)23-20)21-13-17-7-5-4-6-8-17/h4-12H,13H2,1-3H3,(H2,21,22,23,24). The maximum absolute atomic E-state index is 4.49. The SMILES string of the molecule is Cc1ccc(C)c(Nc2cc(NCc3ccccc3)nc(C)n2)c1. The van der Waals surface area contributed by atoms with E-state index in [-0.39, 0.29) is 0 Å². The van der Waals surface area contributed by atoms with Crippen LogP contribution < -0.4 is 10.6 Å². The van der Waals surface area contributed by atoms with Gasteiger partial charge in [0.1, 0.15) is 17.5 Å². The molecule has 1 aromatic heterocycles. The number of nitrogens with one attached hydrogen (secondary N) is 2. The fourth-order valence-corrected chi connectivity index (χ4v) is 2.52. The zero-order chi connectivity index (χ0) is 16.9. The first-order valence-electron chi connectivity index (χ1n) is 8.08. The number of nitrogens with zero attached hydrogens (tertiary/aromatic N) is 2. The molecule has 0 saturated carbocycles. The molecular formula is C20H22N4. The number of aromatic nitrogens is 2. The summed E-state index contributed by atoms with van der Waals surface area (Å²) in [5.74, 6) is 2.35. The second kappa shape index (κ2) is 7.13. The molecule has 0 radical (unpaired) electrons. The van der Waals surface area contributed by atoms with Crippen molar-refractivity contribution in [1.82, 2.24) is 9.97 Å². The summed E-state index contributed by atoms with van der Waals surface area (Å²) in [4.78, 5) is 8.96. The van der Waals surface area contributed by atoms with E-state index in [4.69, 9.17) is 0 Å². The minimum Gasteiger partial charge on any atom is -0.366 e. The van der Waals surface area contributed by atoms with Gasteiger partial charge in [-0.05, 0) is 43.5 Å². The summed E-state index contributed by atoms with van der Waals surface area (Å²) in [5.41, 5.74) is 4.70. The highest BCUT2D eigenvalue weighted by atomic mass is 15.1. The minimum absolute atomic E-state index is 0.736. The molecule has 0 aliphatic carbocycles. The number of anilines is 3. The predicted octanol–water partition coefficient (Wildman–Crippen LogP) is 4.76. The van der Waals surface area contributed by atoms with Crippen LogP contribution in [-0.4, -0.2) is 9.97 Å². The van der Waals surface area contributed by atoms with E-state index in [0.717, 1.165) is 29.7 Å². The van der Waals surface area contributed by atoms with Crippen molar-refractivity contribution in [2.45, 2.75) is 27.3 Å². The van der Waals surface area contributed by atoms with Gasteiger partial charge in [-0.3, -0.25) is 0 Å². The van der Waals surface area contributed by atoms with Crippen molar-refractivity contribution in [3.63, 3.8) is 0 Å². The van der Waals surface area contributed by atoms with Crippen LogP contribution in [0.1, 0.15) is 22.5 Å². The van der Waals surface area contributed by atoms with Gasteiger partial charge in [-0.15, -0.1) is 0 Å². The van der Waals surface area contributed by atoms with Gasteiger partial charge in [0.2, 0.25) is 0 Å². The molecule has 0 spiro atoms. The van der Waals surface area contributed by atoms with Crippen LogP contribution in [-0.2, 0) is 6.54 Å². The molecular weight excluding hydrogens is 296 g/mol. The third-order valence-electron chi connectivity index (χ3n) is 3.81. The molecule has 0 unspecified atom stereocenters. The molecule has 4 heteroatoms. The smallest absolute Gasteiger partial charge is 0.136 e.